The van der Waals surface area contributed by atoms with Crippen molar-refractivity contribution >= 4 is 28.8 Å². The minimum atomic E-state index is -0.589. The number of fused-ring (bicyclic) bond motifs is 2. The molecule has 0 aliphatic carbocycles. The first kappa shape index (κ1) is 24.6. The number of ether oxygens (including phenoxy) is 2. The van der Waals surface area contributed by atoms with E-state index in [0.29, 0.717) is 11.3 Å². The normalized spacial score (nSPS) is 13.2. The summed E-state index contributed by atoms with van der Waals surface area (Å²) in [6.07, 6.45) is 2.02. The number of rotatable bonds is 9. The van der Waals surface area contributed by atoms with Crippen molar-refractivity contribution in [3.63, 3.8) is 0 Å². The van der Waals surface area contributed by atoms with E-state index < -0.39 is 11.9 Å². The number of nitrogens with one attached hydrogen (secondary N) is 1. The molecule has 1 aliphatic heterocycles. The van der Waals surface area contributed by atoms with Gasteiger partial charge in [-0.15, -0.1) is 0 Å². The number of esters is 1. The number of amides is 1. The maximum absolute atomic E-state index is 13.2. The van der Waals surface area contributed by atoms with Crippen molar-refractivity contribution in [2.45, 2.75) is 26.7 Å². The van der Waals surface area contributed by atoms with Gasteiger partial charge < -0.3 is 19.7 Å². The molecule has 1 N–H and O–H groups in total. The second-order valence-electron chi connectivity index (χ2n) is 7.77. The lowest BCUT2D eigenvalue weighted by Gasteiger charge is -2.35. The molecule has 0 spiro atoms. The Kier molecular flexibility index (Phi) is 8.10. The van der Waals surface area contributed by atoms with Gasteiger partial charge in [0.05, 0.1) is 13.7 Å². The summed E-state index contributed by atoms with van der Waals surface area (Å²) in [4.78, 5) is 27.2. The Morgan fingerprint density at radius 1 is 1.12 bits per heavy atom. The van der Waals surface area contributed by atoms with Gasteiger partial charge in [-0.2, -0.15) is 5.26 Å². The Bertz CT molecular complexity index is 1180. The highest BCUT2D eigenvalue weighted by molar-refractivity contribution is 6.12. The van der Waals surface area contributed by atoms with Crippen LogP contribution in [0.1, 0.15) is 37.8 Å². The second kappa shape index (κ2) is 11.2. The lowest BCUT2D eigenvalue weighted by atomic mass is 9.86. The van der Waals surface area contributed by atoms with Gasteiger partial charge in [0.15, 0.2) is 0 Å². The van der Waals surface area contributed by atoms with Crippen LogP contribution in [0, 0.1) is 11.3 Å². The Morgan fingerprint density at radius 3 is 2.53 bits per heavy atom. The molecular formula is C27H29N3O4. The van der Waals surface area contributed by atoms with Crippen molar-refractivity contribution in [2.75, 3.05) is 31.7 Å². The Morgan fingerprint density at radius 2 is 1.85 bits per heavy atom. The maximum Gasteiger partial charge on any atom is 0.335 e. The fourth-order valence-corrected chi connectivity index (χ4v) is 3.90. The van der Waals surface area contributed by atoms with Gasteiger partial charge in [-0.05, 0) is 37.6 Å². The number of hydrogen-bond acceptors (Lipinski definition) is 6. The zero-order valence-corrected chi connectivity index (χ0v) is 19.8. The summed E-state index contributed by atoms with van der Waals surface area (Å²) in [5.41, 5.74) is 3.95. The first-order valence-corrected chi connectivity index (χ1v) is 11.3. The van der Waals surface area contributed by atoms with E-state index in [1.165, 1.54) is 0 Å². The highest BCUT2D eigenvalue weighted by atomic mass is 16.5. The highest BCUT2D eigenvalue weighted by Gasteiger charge is 2.30. The van der Waals surface area contributed by atoms with Gasteiger partial charge in [-0.25, -0.2) is 4.79 Å². The fraction of sp³-hybridized carbons (Fsp3) is 0.296. The summed E-state index contributed by atoms with van der Waals surface area (Å²) < 4.78 is 10.4. The average molecular weight is 460 g/mol. The van der Waals surface area contributed by atoms with Gasteiger partial charge in [0.25, 0.3) is 5.91 Å². The van der Waals surface area contributed by atoms with Crippen LogP contribution >= 0.6 is 0 Å². The largest absolute Gasteiger partial charge is 0.497 e. The molecule has 0 saturated carbocycles. The van der Waals surface area contributed by atoms with Gasteiger partial charge in [0.2, 0.25) is 0 Å². The molecule has 0 radical (unpaired) electrons. The molecule has 0 unspecified atom stereocenters. The zero-order chi connectivity index (χ0) is 24.7. The number of para-hydroxylation sites is 1. The van der Waals surface area contributed by atoms with Crippen molar-refractivity contribution in [3.8, 4) is 11.8 Å². The smallest absolute Gasteiger partial charge is 0.335 e. The predicted molar refractivity (Wildman–Crippen MR) is 132 cm³/mol. The summed E-state index contributed by atoms with van der Waals surface area (Å²) >= 11 is 0. The molecule has 0 bridgehead atoms. The number of hydrogen-bond donors (Lipinski definition) is 1. The SMILES string of the molecule is C=C(CNC(=O)/C(C#N)=C1\c2ccccc2N(CCCC)c2ccc(OC)cc21)C(=O)OCC. The van der Waals surface area contributed by atoms with Crippen LogP contribution in [0.2, 0.25) is 0 Å². The molecule has 7 nitrogen and oxygen atoms in total. The molecule has 176 valence electrons. The molecule has 0 aromatic heterocycles. The standard InChI is InChI=1S/C27H29N3O4/c1-5-7-14-30-23-11-9-8-10-20(23)25(21-15-19(33-4)12-13-24(21)30)22(16-28)26(31)29-17-18(3)27(32)34-6-2/h8-13,15H,3,5-7,14,17H2,1-2,4H3,(H,29,31)/b25-22+. The van der Waals surface area contributed by atoms with Crippen LogP contribution in [0.15, 0.2) is 60.2 Å². The number of unbranched alkanes of at least 4 members (excludes halogenated alkanes) is 1. The van der Waals surface area contributed by atoms with Gasteiger partial charge >= 0.3 is 5.97 Å². The molecule has 0 saturated heterocycles. The molecule has 1 heterocycles. The Balaban J connectivity index is 2.12. The Labute approximate surface area is 200 Å². The van der Waals surface area contributed by atoms with Crippen LogP contribution in [-0.4, -0.2) is 38.7 Å². The van der Waals surface area contributed by atoms with Crippen molar-refractivity contribution < 1.29 is 19.1 Å². The minimum absolute atomic E-state index is 0.0475. The van der Waals surface area contributed by atoms with E-state index in [9.17, 15) is 14.9 Å². The van der Waals surface area contributed by atoms with E-state index in [0.717, 1.165) is 41.9 Å². The first-order chi connectivity index (χ1) is 16.5. The zero-order valence-electron chi connectivity index (χ0n) is 19.8. The maximum atomic E-state index is 13.2. The Hall–Kier alpha value is -4.05. The van der Waals surface area contributed by atoms with Crippen LogP contribution < -0.4 is 15.0 Å². The lowest BCUT2D eigenvalue weighted by Crippen LogP contribution is -2.30. The number of carbonyl (C=O) groups excluding carboxylic acids is 2. The summed E-state index contributed by atoms with van der Waals surface area (Å²) in [6, 6.07) is 15.5. The molecule has 2 aromatic carbocycles. The monoisotopic (exact) mass is 459 g/mol. The molecule has 0 atom stereocenters. The number of anilines is 2. The van der Waals surface area contributed by atoms with Gasteiger partial charge in [0.1, 0.15) is 17.4 Å². The van der Waals surface area contributed by atoms with Crippen molar-refractivity contribution in [3.05, 3.63) is 71.3 Å². The van der Waals surface area contributed by atoms with Crippen molar-refractivity contribution in [1.29, 1.82) is 5.26 Å². The van der Waals surface area contributed by atoms with Crippen molar-refractivity contribution in [1.82, 2.24) is 5.32 Å². The summed E-state index contributed by atoms with van der Waals surface area (Å²) in [6.45, 7) is 8.39. The predicted octanol–water partition coefficient (Wildman–Crippen LogP) is 4.51. The van der Waals surface area contributed by atoms with E-state index in [-0.39, 0.29) is 24.3 Å². The van der Waals surface area contributed by atoms with Gasteiger partial charge in [-0.1, -0.05) is 38.1 Å². The topological polar surface area (TPSA) is 91.7 Å². The quantitative estimate of drug-likeness (QED) is 0.337. The summed E-state index contributed by atoms with van der Waals surface area (Å²) in [5.74, 6) is -0.549. The number of nitriles is 1. The average Bonchev–Trinajstić information content (AvgIpc) is 2.86. The lowest BCUT2D eigenvalue weighted by molar-refractivity contribution is -0.138. The molecule has 2 aromatic rings. The number of methoxy groups -OCH3 is 1. The summed E-state index contributed by atoms with van der Waals surface area (Å²) in [5, 5.41) is 12.7. The molecule has 34 heavy (non-hydrogen) atoms. The molecule has 0 fully saturated rings. The van der Waals surface area contributed by atoms with Gasteiger partial charge in [-0.3, -0.25) is 4.79 Å². The third kappa shape index (κ3) is 4.96. The first-order valence-electron chi connectivity index (χ1n) is 11.3. The van der Waals surface area contributed by atoms with Crippen molar-refractivity contribution in [2.24, 2.45) is 0 Å². The van der Waals surface area contributed by atoms with Gasteiger partial charge in [0, 0.05) is 46.7 Å². The minimum Gasteiger partial charge on any atom is -0.497 e. The van der Waals surface area contributed by atoms with E-state index in [1.807, 2.05) is 42.5 Å². The van der Waals surface area contributed by atoms with E-state index >= 15 is 0 Å². The summed E-state index contributed by atoms with van der Waals surface area (Å²) in [7, 11) is 1.58. The van der Waals surface area contributed by atoms with Crippen LogP contribution in [0.25, 0.3) is 5.57 Å². The van der Waals surface area contributed by atoms with E-state index in [1.54, 1.807) is 14.0 Å². The van der Waals surface area contributed by atoms with Crippen LogP contribution in [0.5, 0.6) is 5.75 Å². The number of benzene rings is 2. The number of carbonyl (C=O) groups is 2. The van der Waals surface area contributed by atoms with E-state index in [2.05, 4.69) is 29.8 Å². The van der Waals surface area contributed by atoms with Crippen LogP contribution in [0.4, 0.5) is 11.4 Å². The molecular weight excluding hydrogens is 430 g/mol. The van der Waals surface area contributed by atoms with E-state index in [4.69, 9.17) is 9.47 Å². The fourth-order valence-electron chi connectivity index (χ4n) is 3.90. The molecule has 1 amide bonds. The molecule has 3 rings (SSSR count). The third-order valence-corrected chi connectivity index (χ3v) is 5.58. The molecule has 7 heteroatoms. The molecule has 1 aliphatic rings. The van der Waals surface area contributed by atoms with Crippen LogP contribution in [0.3, 0.4) is 0 Å². The second-order valence-corrected chi connectivity index (χ2v) is 7.77. The number of nitrogens with zero attached hydrogens (tertiary/aromatic N) is 2. The third-order valence-electron chi connectivity index (χ3n) is 5.58. The highest BCUT2D eigenvalue weighted by Crippen LogP contribution is 2.47. The van der Waals surface area contributed by atoms with Crippen LogP contribution in [-0.2, 0) is 14.3 Å².